The van der Waals surface area contributed by atoms with Crippen LogP contribution in [0.3, 0.4) is 0 Å². The van der Waals surface area contributed by atoms with Crippen molar-refractivity contribution in [3.63, 3.8) is 0 Å². The highest BCUT2D eigenvalue weighted by Gasteiger charge is 2.34. The van der Waals surface area contributed by atoms with Gasteiger partial charge in [-0.2, -0.15) is 4.98 Å². The molecule has 2 atom stereocenters. The molecule has 2 aromatic heterocycles. The smallest absolute Gasteiger partial charge is 0.307 e. The Morgan fingerprint density at radius 1 is 1.37 bits per heavy atom. The van der Waals surface area contributed by atoms with E-state index in [9.17, 15) is 9.90 Å². The Balaban J connectivity index is 1.89. The Hall–Kier alpha value is -2.37. The Morgan fingerprint density at radius 3 is 2.95 bits per heavy atom. The van der Waals surface area contributed by atoms with Gasteiger partial charge >= 0.3 is 5.97 Å². The Morgan fingerprint density at radius 2 is 2.21 bits per heavy atom. The van der Waals surface area contributed by atoms with Crippen molar-refractivity contribution in [3.05, 3.63) is 36.4 Å². The quantitative estimate of drug-likeness (QED) is 0.852. The van der Waals surface area contributed by atoms with Crippen LogP contribution in [0.1, 0.15) is 24.7 Å². The van der Waals surface area contributed by atoms with Crippen molar-refractivity contribution < 1.29 is 18.8 Å². The first kappa shape index (κ1) is 11.7. The van der Waals surface area contributed by atoms with Crippen LogP contribution in [0.4, 0.5) is 0 Å². The monoisotopic (exact) mass is 260 g/mol. The molecule has 0 radical (unpaired) electrons. The second-order valence-electron chi connectivity index (χ2n) is 4.43. The number of allylic oxidation sites excluding steroid dienone is 2. The van der Waals surface area contributed by atoms with Gasteiger partial charge in [-0.3, -0.25) is 4.79 Å². The van der Waals surface area contributed by atoms with Crippen LogP contribution in [0.2, 0.25) is 0 Å². The second kappa shape index (κ2) is 4.72. The van der Waals surface area contributed by atoms with E-state index in [2.05, 4.69) is 10.1 Å². The zero-order chi connectivity index (χ0) is 13.2. The topological polar surface area (TPSA) is 89.4 Å². The maximum atomic E-state index is 11.2. The molecule has 0 aliphatic heterocycles. The van der Waals surface area contributed by atoms with E-state index in [1.54, 1.807) is 12.1 Å². The summed E-state index contributed by atoms with van der Waals surface area (Å²) in [6.07, 6.45) is 6.42. The molecule has 0 fully saturated rings. The van der Waals surface area contributed by atoms with Gasteiger partial charge in [0.15, 0.2) is 5.76 Å². The first-order chi connectivity index (χ1) is 9.25. The van der Waals surface area contributed by atoms with Gasteiger partial charge in [0.25, 0.3) is 0 Å². The van der Waals surface area contributed by atoms with Gasteiger partial charge < -0.3 is 14.0 Å². The molecule has 6 nitrogen and oxygen atoms in total. The minimum absolute atomic E-state index is 0.279. The van der Waals surface area contributed by atoms with Crippen molar-refractivity contribution in [1.29, 1.82) is 0 Å². The number of hydrogen-bond acceptors (Lipinski definition) is 5. The molecule has 0 saturated carbocycles. The molecule has 0 amide bonds. The predicted molar refractivity (Wildman–Crippen MR) is 64.2 cm³/mol. The molecule has 0 aromatic carbocycles. The maximum absolute atomic E-state index is 11.2. The number of hydrogen-bond donors (Lipinski definition) is 1. The van der Waals surface area contributed by atoms with Crippen molar-refractivity contribution in [1.82, 2.24) is 10.1 Å². The van der Waals surface area contributed by atoms with Crippen molar-refractivity contribution in [3.8, 4) is 11.6 Å². The van der Waals surface area contributed by atoms with Gasteiger partial charge in [0, 0.05) is 0 Å². The van der Waals surface area contributed by atoms with Gasteiger partial charge in [0.05, 0.1) is 18.1 Å². The van der Waals surface area contributed by atoms with E-state index in [0.717, 1.165) is 0 Å². The number of nitrogens with zero attached hydrogens (tertiary/aromatic N) is 2. The number of aliphatic carboxylic acids is 1. The highest BCUT2D eigenvalue weighted by Crippen LogP contribution is 2.34. The first-order valence-corrected chi connectivity index (χ1v) is 6.01. The van der Waals surface area contributed by atoms with E-state index in [1.807, 2.05) is 12.2 Å². The average molecular weight is 260 g/mol. The van der Waals surface area contributed by atoms with E-state index in [-0.39, 0.29) is 5.92 Å². The van der Waals surface area contributed by atoms with E-state index in [1.165, 1.54) is 6.26 Å². The molecule has 1 aliphatic rings. The summed E-state index contributed by atoms with van der Waals surface area (Å²) in [5, 5.41) is 13.0. The normalized spacial score (nSPS) is 22.5. The lowest BCUT2D eigenvalue weighted by atomic mass is 9.83. The highest BCUT2D eigenvalue weighted by atomic mass is 16.5. The fraction of sp³-hybridized carbons (Fsp3) is 0.308. The molecule has 0 bridgehead atoms. The fourth-order valence-electron chi connectivity index (χ4n) is 2.25. The Kier molecular flexibility index (Phi) is 2.91. The summed E-state index contributed by atoms with van der Waals surface area (Å²) in [6.45, 7) is 0. The minimum Gasteiger partial charge on any atom is -0.481 e. The van der Waals surface area contributed by atoms with Crippen LogP contribution in [0, 0.1) is 5.92 Å². The van der Waals surface area contributed by atoms with Crippen LogP contribution in [-0.4, -0.2) is 21.2 Å². The van der Waals surface area contributed by atoms with Crippen molar-refractivity contribution in [2.75, 3.05) is 0 Å². The Bertz CT molecular complexity index is 600. The molecule has 0 spiro atoms. The number of carbonyl (C=O) groups is 1. The molecule has 2 heterocycles. The summed E-state index contributed by atoms with van der Waals surface area (Å²) in [7, 11) is 0. The van der Waals surface area contributed by atoms with Gasteiger partial charge in [-0.25, -0.2) is 0 Å². The third kappa shape index (κ3) is 2.16. The summed E-state index contributed by atoms with van der Waals surface area (Å²) in [4.78, 5) is 15.5. The predicted octanol–water partition coefficient (Wildman–Crippen LogP) is 2.46. The molecule has 0 unspecified atom stereocenters. The van der Waals surface area contributed by atoms with Crippen molar-refractivity contribution in [2.24, 2.45) is 5.92 Å². The fourth-order valence-corrected chi connectivity index (χ4v) is 2.25. The minimum atomic E-state index is -0.841. The first-order valence-electron chi connectivity index (χ1n) is 6.01. The maximum Gasteiger partial charge on any atom is 0.307 e. The summed E-state index contributed by atoms with van der Waals surface area (Å²) in [6, 6.07) is 3.46. The summed E-state index contributed by atoms with van der Waals surface area (Å²) in [5.41, 5.74) is 0. The molecule has 3 rings (SSSR count). The van der Waals surface area contributed by atoms with Crippen LogP contribution >= 0.6 is 0 Å². The standard InChI is InChI=1S/C13H12N2O4/c16-13(17)9-5-2-1-4-8(9)12-14-11(15-19-12)10-6-3-7-18-10/h1-3,6-9H,4-5H2,(H,16,17)/t8-,9+/m1/s1. The van der Waals surface area contributed by atoms with Gasteiger partial charge in [0.2, 0.25) is 11.7 Å². The van der Waals surface area contributed by atoms with E-state index < -0.39 is 11.9 Å². The molecule has 2 aromatic rings. The van der Waals surface area contributed by atoms with Crippen LogP contribution in [0.25, 0.3) is 11.6 Å². The molecule has 98 valence electrons. The number of aromatic nitrogens is 2. The third-order valence-electron chi connectivity index (χ3n) is 3.25. The second-order valence-corrected chi connectivity index (χ2v) is 4.43. The van der Waals surface area contributed by atoms with Crippen LogP contribution in [0.15, 0.2) is 39.5 Å². The third-order valence-corrected chi connectivity index (χ3v) is 3.25. The zero-order valence-electron chi connectivity index (χ0n) is 10.0. The highest BCUT2D eigenvalue weighted by molar-refractivity contribution is 5.71. The number of carboxylic acid groups (broad SMARTS) is 1. The van der Waals surface area contributed by atoms with Gasteiger partial charge in [-0.05, 0) is 25.0 Å². The number of furan rings is 1. The van der Waals surface area contributed by atoms with Crippen molar-refractivity contribution >= 4 is 5.97 Å². The molecule has 0 saturated heterocycles. The molecule has 1 aliphatic carbocycles. The molecular formula is C13H12N2O4. The number of carboxylic acids is 1. The average Bonchev–Trinajstić information content (AvgIpc) is 3.09. The summed E-state index contributed by atoms with van der Waals surface area (Å²) in [5.74, 6) is -0.434. The van der Waals surface area contributed by atoms with Crippen LogP contribution in [-0.2, 0) is 4.79 Å². The van der Waals surface area contributed by atoms with Crippen molar-refractivity contribution in [2.45, 2.75) is 18.8 Å². The van der Waals surface area contributed by atoms with E-state index in [0.29, 0.717) is 30.3 Å². The van der Waals surface area contributed by atoms with Gasteiger partial charge in [0.1, 0.15) is 0 Å². The van der Waals surface area contributed by atoms with Gasteiger partial charge in [-0.15, -0.1) is 0 Å². The molecule has 19 heavy (non-hydrogen) atoms. The lowest BCUT2D eigenvalue weighted by Crippen LogP contribution is -2.23. The summed E-state index contributed by atoms with van der Waals surface area (Å²) < 4.78 is 10.4. The SMILES string of the molecule is O=C(O)[C@H]1CC=CC[C@H]1c1nc(-c2ccco2)no1. The lowest BCUT2D eigenvalue weighted by molar-refractivity contribution is -0.142. The summed E-state index contributed by atoms with van der Waals surface area (Å²) >= 11 is 0. The van der Waals surface area contributed by atoms with Gasteiger partial charge in [-0.1, -0.05) is 17.3 Å². The lowest BCUT2D eigenvalue weighted by Gasteiger charge is -2.21. The Labute approximate surface area is 108 Å². The van der Waals surface area contributed by atoms with Crippen LogP contribution < -0.4 is 0 Å². The zero-order valence-corrected chi connectivity index (χ0v) is 10.0. The van der Waals surface area contributed by atoms with E-state index >= 15 is 0 Å². The van der Waals surface area contributed by atoms with Crippen LogP contribution in [0.5, 0.6) is 0 Å². The largest absolute Gasteiger partial charge is 0.481 e. The molecular weight excluding hydrogens is 248 g/mol. The van der Waals surface area contributed by atoms with E-state index in [4.69, 9.17) is 8.94 Å². The number of rotatable bonds is 3. The molecule has 1 N–H and O–H groups in total. The molecule has 6 heteroatoms.